The predicted octanol–water partition coefficient (Wildman–Crippen LogP) is 2.55. The van der Waals surface area contributed by atoms with Gasteiger partial charge >= 0.3 is 12.1 Å². The molecule has 0 aliphatic carbocycles. The standard InChI is InChI=1S/C17H22F3N3O3/c1-16(2,3)15(25)26-23-6-4-22(5-7-23)14(24)11-8-12(17(18,19)20)10-13(21)9-11/h8-10H,4-7,21H2,1-3H3. The summed E-state index contributed by atoms with van der Waals surface area (Å²) in [5.41, 5.74) is 3.66. The molecule has 1 heterocycles. The Hall–Kier alpha value is -2.29. The summed E-state index contributed by atoms with van der Waals surface area (Å²) < 4.78 is 38.7. The molecule has 0 radical (unpaired) electrons. The van der Waals surface area contributed by atoms with Crippen LogP contribution in [0.25, 0.3) is 0 Å². The van der Waals surface area contributed by atoms with E-state index < -0.39 is 23.1 Å². The van der Waals surface area contributed by atoms with Gasteiger partial charge in [-0.3, -0.25) is 4.79 Å². The first-order valence-electron chi connectivity index (χ1n) is 8.12. The van der Waals surface area contributed by atoms with Crippen LogP contribution in [0.5, 0.6) is 0 Å². The van der Waals surface area contributed by atoms with Crippen molar-refractivity contribution in [3.8, 4) is 0 Å². The van der Waals surface area contributed by atoms with E-state index in [1.807, 2.05) is 0 Å². The highest BCUT2D eigenvalue weighted by Crippen LogP contribution is 2.31. The minimum absolute atomic E-state index is 0.113. The molecule has 1 aromatic carbocycles. The highest BCUT2D eigenvalue weighted by molar-refractivity contribution is 5.95. The fraction of sp³-hybridized carbons (Fsp3) is 0.529. The van der Waals surface area contributed by atoms with Crippen LogP contribution < -0.4 is 5.73 Å². The Morgan fingerprint density at radius 2 is 1.62 bits per heavy atom. The zero-order chi connectivity index (χ0) is 19.7. The van der Waals surface area contributed by atoms with Gasteiger partial charge in [-0.05, 0) is 39.0 Å². The minimum atomic E-state index is -4.58. The number of hydrogen-bond acceptors (Lipinski definition) is 5. The Labute approximate surface area is 149 Å². The molecule has 144 valence electrons. The lowest BCUT2D eigenvalue weighted by Crippen LogP contribution is -2.50. The maximum Gasteiger partial charge on any atom is 0.416 e. The van der Waals surface area contributed by atoms with E-state index in [0.29, 0.717) is 0 Å². The number of halogens is 3. The summed E-state index contributed by atoms with van der Waals surface area (Å²) in [5, 5.41) is 1.46. The van der Waals surface area contributed by atoms with Crippen molar-refractivity contribution in [3.05, 3.63) is 29.3 Å². The molecule has 6 nitrogen and oxygen atoms in total. The van der Waals surface area contributed by atoms with Crippen molar-refractivity contribution in [1.29, 1.82) is 0 Å². The summed E-state index contributed by atoms with van der Waals surface area (Å²) >= 11 is 0. The molecule has 1 fully saturated rings. The maximum atomic E-state index is 12.9. The van der Waals surface area contributed by atoms with Crippen LogP contribution in [0.15, 0.2) is 18.2 Å². The lowest BCUT2D eigenvalue weighted by Gasteiger charge is -2.34. The predicted molar refractivity (Wildman–Crippen MR) is 88.9 cm³/mol. The molecule has 0 aromatic heterocycles. The molecule has 26 heavy (non-hydrogen) atoms. The summed E-state index contributed by atoms with van der Waals surface area (Å²) in [6.07, 6.45) is -4.58. The first-order chi connectivity index (χ1) is 11.9. The summed E-state index contributed by atoms with van der Waals surface area (Å²) in [7, 11) is 0. The maximum absolute atomic E-state index is 12.9. The zero-order valence-corrected chi connectivity index (χ0v) is 14.9. The van der Waals surface area contributed by atoms with Gasteiger partial charge in [-0.25, -0.2) is 4.79 Å². The van der Waals surface area contributed by atoms with E-state index in [9.17, 15) is 22.8 Å². The lowest BCUT2D eigenvalue weighted by atomic mass is 9.98. The molecule has 0 atom stereocenters. The van der Waals surface area contributed by atoms with Gasteiger partial charge in [-0.2, -0.15) is 13.2 Å². The van der Waals surface area contributed by atoms with E-state index in [0.717, 1.165) is 12.1 Å². The average Bonchev–Trinajstić information content (AvgIpc) is 2.52. The second-order valence-corrected chi connectivity index (χ2v) is 7.19. The second-order valence-electron chi connectivity index (χ2n) is 7.19. The second kappa shape index (κ2) is 7.14. The van der Waals surface area contributed by atoms with Crippen molar-refractivity contribution < 1.29 is 27.6 Å². The van der Waals surface area contributed by atoms with Crippen molar-refractivity contribution >= 4 is 17.6 Å². The number of nitrogens with two attached hydrogens (primary N) is 1. The van der Waals surface area contributed by atoms with Crippen molar-refractivity contribution in [3.63, 3.8) is 0 Å². The molecular weight excluding hydrogens is 351 g/mol. The molecule has 0 saturated carbocycles. The number of amides is 1. The number of alkyl halides is 3. The van der Waals surface area contributed by atoms with Gasteiger partial charge in [0.15, 0.2) is 0 Å². The normalized spacial score (nSPS) is 16.5. The quantitative estimate of drug-likeness (QED) is 0.807. The van der Waals surface area contributed by atoms with E-state index >= 15 is 0 Å². The largest absolute Gasteiger partial charge is 0.416 e. The van der Waals surface area contributed by atoms with E-state index in [1.54, 1.807) is 20.8 Å². The van der Waals surface area contributed by atoms with Crippen molar-refractivity contribution in [1.82, 2.24) is 9.96 Å². The number of benzene rings is 1. The van der Waals surface area contributed by atoms with Crippen LogP contribution in [0.4, 0.5) is 18.9 Å². The van der Waals surface area contributed by atoms with E-state index in [1.165, 1.54) is 16.0 Å². The average molecular weight is 373 g/mol. The molecule has 9 heteroatoms. The first-order valence-corrected chi connectivity index (χ1v) is 8.12. The van der Waals surface area contributed by atoms with Crippen LogP contribution in [0.3, 0.4) is 0 Å². The van der Waals surface area contributed by atoms with Gasteiger partial charge in [-0.1, -0.05) is 0 Å². The number of anilines is 1. The van der Waals surface area contributed by atoms with Gasteiger partial charge in [0.25, 0.3) is 5.91 Å². The topological polar surface area (TPSA) is 75.9 Å². The Balaban J connectivity index is 2.03. The molecule has 1 aliphatic heterocycles. The van der Waals surface area contributed by atoms with Crippen molar-refractivity contribution in [2.45, 2.75) is 26.9 Å². The molecule has 2 rings (SSSR count). The number of hydroxylamine groups is 2. The number of piperazine rings is 1. The molecule has 0 bridgehead atoms. The number of rotatable bonds is 2. The number of nitrogens with zero attached hydrogens (tertiary/aromatic N) is 2. The summed E-state index contributed by atoms with van der Waals surface area (Å²) in [6, 6.07) is 2.81. The molecule has 1 aromatic rings. The molecule has 1 saturated heterocycles. The van der Waals surface area contributed by atoms with Gasteiger partial charge in [0, 0.05) is 24.3 Å². The van der Waals surface area contributed by atoms with Gasteiger partial charge in [-0.15, -0.1) is 5.06 Å². The van der Waals surface area contributed by atoms with Crippen molar-refractivity contribution in [2.24, 2.45) is 5.41 Å². The summed E-state index contributed by atoms with van der Waals surface area (Å²) in [6.45, 7) is 6.20. The van der Waals surface area contributed by atoms with Crippen LogP contribution in [0, 0.1) is 5.41 Å². The number of carbonyl (C=O) groups is 2. The van der Waals surface area contributed by atoms with Gasteiger partial charge < -0.3 is 15.5 Å². The number of carbonyl (C=O) groups excluding carboxylic acids is 2. The van der Waals surface area contributed by atoms with Gasteiger partial charge in [0.2, 0.25) is 0 Å². The van der Waals surface area contributed by atoms with E-state index in [2.05, 4.69) is 0 Å². The minimum Gasteiger partial charge on any atom is -0.399 e. The first kappa shape index (κ1) is 20.0. The van der Waals surface area contributed by atoms with Crippen LogP contribution in [-0.4, -0.2) is 48.0 Å². The smallest absolute Gasteiger partial charge is 0.399 e. The Kier molecular flexibility index (Phi) is 5.50. The fourth-order valence-electron chi connectivity index (χ4n) is 2.36. The summed E-state index contributed by atoms with van der Waals surface area (Å²) in [4.78, 5) is 31.0. The third-order valence-electron chi connectivity index (χ3n) is 3.88. The van der Waals surface area contributed by atoms with Crippen LogP contribution >= 0.6 is 0 Å². The molecule has 0 unspecified atom stereocenters. The molecule has 0 spiro atoms. The van der Waals surface area contributed by atoms with Crippen molar-refractivity contribution in [2.75, 3.05) is 31.9 Å². The monoisotopic (exact) mass is 373 g/mol. The highest BCUT2D eigenvalue weighted by atomic mass is 19.4. The molecular formula is C17H22F3N3O3. The highest BCUT2D eigenvalue weighted by Gasteiger charge is 2.33. The third-order valence-corrected chi connectivity index (χ3v) is 3.88. The zero-order valence-electron chi connectivity index (χ0n) is 14.9. The number of nitrogen functional groups attached to an aromatic ring is 1. The summed E-state index contributed by atoms with van der Waals surface area (Å²) in [5.74, 6) is -0.924. The lowest BCUT2D eigenvalue weighted by molar-refractivity contribution is -0.205. The van der Waals surface area contributed by atoms with Gasteiger partial charge in [0.05, 0.1) is 24.1 Å². The fourth-order valence-corrected chi connectivity index (χ4v) is 2.36. The van der Waals surface area contributed by atoms with Gasteiger partial charge in [0.1, 0.15) is 0 Å². The third kappa shape index (κ3) is 4.87. The SMILES string of the molecule is CC(C)(C)C(=O)ON1CCN(C(=O)c2cc(N)cc(C(F)(F)F)c2)CC1. The molecule has 1 aliphatic rings. The van der Waals surface area contributed by atoms with Crippen LogP contribution in [0.2, 0.25) is 0 Å². The van der Waals surface area contributed by atoms with Crippen LogP contribution in [-0.2, 0) is 15.8 Å². The Morgan fingerprint density at radius 1 is 1.04 bits per heavy atom. The van der Waals surface area contributed by atoms with Crippen LogP contribution in [0.1, 0.15) is 36.7 Å². The molecule has 2 N–H and O–H groups in total. The molecule has 1 amide bonds. The van der Waals surface area contributed by atoms with E-state index in [4.69, 9.17) is 10.6 Å². The van der Waals surface area contributed by atoms with E-state index in [-0.39, 0.29) is 43.4 Å². The number of hydrogen-bond donors (Lipinski definition) is 1. The Morgan fingerprint density at radius 3 is 2.12 bits per heavy atom. The Bertz CT molecular complexity index is 691.